The lowest BCUT2D eigenvalue weighted by Crippen LogP contribution is -2.15. The second-order valence-corrected chi connectivity index (χ2v) is 8.56. The molecule has 0 amide bonds. The lowest BCUT2D eigenvalue weighted by molar-refractivity contribution is 0.448. The molecule has 0 heterocycles. The van der Waals surface area contributed by atoms with Crippen molar-refractivity contribution in [2.75, 3.05) is 4.90 Å². The summed E-state index contributed by atoms with van der Waals surface area (Å²) in [5, 5.41) is 32.2. The first-order valence-electron chi connectivity index (χ1n) is 11.1. The Morgan fingerprint density at radius 2 is 1.06 bits per heavy atom. The molecule has 0 spiro atoms. The van der Waals surface area contributed by atoms with Gasteiger partial charge in [-0.05, 0) is 93.3 Å². The summed E-state index contributed by atoms with van der Waals surface area (Å²) in [6.45, 7) is 9.65. The van der Waals surface area contributed by atoms with Crippen LogP contribution in [0.15, 0.2) is 66.7 Å². The van der Waals surface area contributed by atoms with Crippen LogP contribution in [0.3, 0.4) is 0 Å². The second-order valence-electron chi connectivity index (χ2n) is 8.56. The summed E-state index contributed by atoms with van der Waals surface area (Å²) in [5.74, 6) is 1.35. The first kappa shape index (κ1) is 23.1. The van der Waals surface area contributed by atoms with Crippen LogP contribution in [0.5, 0.6) is 28.7 Å². The molecule has 0 bridgehead atoms. The molecule has 0 atom stereocenters. The Bertz CT molecular complexity index is 1320. The van der Waals surface area contributed by atoms with Crippen molar-refractivity contribution in [1.29, 1.82) is 0 Å². The van der Waals surface area contributed by atoms with E-state index in [1.54, 1.807) is 37.3 Å². The van der Waals surface area contributed by atoms with E-state index in [1.807, 2.05) is 69.0 Å². The van der Waals surface area contributed by atoms with Crippen molar-refractivity contribution >= 4 is 17.1 Å². The van der Waals surface area contributed by atoms with Gasteiger partial charge in [-0.25, -0.2) is 0 Å². The van der Waals surface area contributed by atoms with E-state index in [0.717, 1.165) is 22.3 Å². The van der Waals surface area contributed by atoms with Gasteiger partial charge < -0.3 is 20.1 Å². The fourth-order valence-electron chi connectivity index (χ4n) is 4.05. The molecule has 0 fully saturated rings. The third-order valence-electron chi connectivity index (χ3n) is 6.39. The van der Waals surface area contributed by atoms with Gasteiger partial charge in [0, 0.05) is 5.56 Å². The average molecular weight is 456 g/mol. The Balaban J connectivity index is 2.02. The van der Waals surface area contributed by atoms with Gasteiger partial charge in [0.25, 0.3) is 0 Å². The number of phenolic OH excluding ortho intramolecular Hbond substituents is 3. The van der Waals surface area contributed by atoms with Gasteiger partial charge in [-0.2, -0.15) is 0 Å². The highest BCUT2D eigenvalue weighted by Gasteiger charge is 2.26. The van der Waals surface area contributed by atoms with E-state index in [0.29, 0.717) is 34.1 Å². The van der Waals surface area contributed by atoms with Gasteiger partial charge in [-0.3, -0.25) is 4.90 Å². The van der Waals surface area contributed by atoms with Crippen LogP contribution in [0.4, 0.5) is 17.1 Å². The van der Waals surface area contributed by atoms with Gasteiger partial charge in [0.15, 0.2) is 5.75 Å². The van der Waals surface area contributed by atoms with Gasteiger partial charge in [0.05, 0.1) is 17.1 Å². The molecule has 174 valence electrons. The summed E-state index contributed by atoms with van der Waals surface area (Å²) in [7, 11) is 0. The lowest BCUT2D eigenvalue weighted by atomic mass is 10.0. The number of aryl methyl sites for hydroxylation is 2. The number of hydrogen-bond acceptors (Lipinski definition) is 5. The molecule has 0 unspecified atom stereocenters. The zero-order valence-electron chi connectivity index (χ0n) is 20.0. The van der Waals surface area contributed by atoms with Crippen LogP contribution in [0.25, 0.3) is 0 Å². The molecule has 5 heteroatoms. The predicted molar refractivity (Wildman–Crippen MR) is 136 cm³/mol. The fourth-order valence-corrected chi connectivity index (χ4v) is 4.05. The first-order chi connectivity index (χ1) is 16.2. The normalized spacial score (nSPS) is 10.9. The van der Waals surface area contributed by atoms with Crippen molar-refractivity contribution in [2.45, 2.75) is 34.6 Å². The van der Waals surface area contributed by atoms with E-state index in [4.69, 9.17) is 4.74 Å². The second kappa shape index (κ2) is 9.02. The zero-order chi connectivity index (χ0) is 24.6. The van der Waals surface area contributed by atoms with Crippen molar-refractivity contribution in [1.82, 2.24) is 0 Å². The number of ether oxygens (including phenoxy) is 1. The molecule has 4 rings (SSSR count). The minimum atomic E-state index is 0.0896. The number of hydrogen-bond donors (Lipinski definition) is 3. The van der Waals surface area contributed by atoms with E-state index in [1.165, 1.54) is 0 Å². The van der Waals surface area contributed by atoms with Crippen LogP contribution >= 0.6 is 0 Å². The molecule has 0 aromatic heterocycles. The van der Waals surface area contributed by atoms with E-state index >= 15 is 0 Å². The predicted octanol–water partition coefficient (Wildman–Crippen LogP) is 7.61. The van der Waals surface area contributed by atoms with Crippen LogP contribution in [-0.4, -0.2) is 15.3 Å². The molecule has 0 saturated carbocycles. The summed E-state index contributed by atoms with van der Waals surface area (Å²) < 4.78 is 6.30. The van der Waals surface area contributed by atoms with E-state index in [-0.39, 0.29) is 17.2 Å². The van der Waals surface area contributed by atoms with Crippen molar-refractivity contribution in [3.63, 3.8) is 0 Å². The molecular formula is C29H29NO4. The fraction of sp³-hybridized carbons (Fsp3) is 0.172. The van der Waals surface area contributed by atoms with Crippen LogP contribution in [-0.2, 0) is 0 Å². The number of nitrogens with zero attached hydrogens (tertiary/aromatic N) is 1. The summed E-state index contributed by atoms with van der Waals surface area (Å²) in [6.07, 6.45) is 0. The van der Waals surface area contributed by atoms with Crippen LogP contribution in [0, 0.1) is 34.6 Å². The highest BCUT2D eigenvalue weighted by atomic mass is 16.5. The van der Waals surface area contributed by atoms with E-state index in [9.17, 15) is 15.3 Å². The molecule has 4 aromatic carbocycles. The van der Waals surface area contributed by atoms with Gasteiger partial charge in [0.1, 0.15) is 23.0 Å². The maximum Gasteiger partial charge on any atom is 0.151 e. The molecule has 34 heavy (non-hydrogen) atoms. The molecule has 5 nitrogen and oxygen atoms in total. The van der Waals surface area contributed by atoms with E-state index in [2.05, 4.69) is 0 Å². The van der Waals surface area contributed by atoms with Gasteiger partial charge in [0.2, 0.25) is 0 Å². The standard InChI is InChI=1S/C29H29NO4/c1-17-13-15-24(32)28(19(17)3)30(29-20(4)18(2)14-16-25(29)33)22-9-6-7-11-27(22)34-26-12-8-10-23(31)21(26)5/h6-16,31-33H,1-5H3. The zero-order valence-corrected chi connectivity index (χ0v) is 20.0. The minimum absolute atomic E-state index is 0.0896. The Kier molecular flexibility index (Phi) is 6.12. The summed E-state index contributed by atoms with van der Waals surface area (Å²) in [5.41, 5.74) is 6.15. The van der Waals surface area contributed by atoms with Crippen molar-refractivity contribution in [2.24, 2.45) is 0 Å². The molecular weight excluding hydrogens is 426 g/mol. The number of benzene rings is 4. The maximum atomic E-state index is 11.0. The molecule has 0 radical (unpaired) electrons. The highest BCUT2D eigenvalue weighted by molar-refractivity contribution is 5.89. The topological polar surface area (TPSA) is 73.2 Å². The largest absolute Gasteiger partial charge is 0.508 e. The lowest BCUT2D eigenvalue weighted by Gasteiger charge is -2.31. The molecule has 3 N–H and O–H groups in total. The Morgan fingerprint density at radius 3 is 1.65 bits per heavy atom. The number of aromatic hydroxyl groups is 3. The molecule has 0 aliphatic rings. The van der Waals surface area contributed by atoms with E-state index < -0.39 is 0 Å². The SMILES string of the molecule is Cc1ccc(O)c(N(c2ccccc2Oc2cccc(O)c2C)c2c(O)ccc(C)c2C)c1C. The highest BCUT2D eigenvalue weighted by Crippen LogP contribution is 2.50. The molecule has 0 aliphatic heterocycles. The molecule has 0 aliphatic carbocycles. The van der Waals surface area contributed by atoms with Crippen LogP contribution < -0.4 is 9.64 Å². The summed E-state index contributed by atoms with van der Waals surface area (Å²) in [6, 6.07) is 19.7. The van der Waals surface area contributed by atoms with Crippen LogP contribution in [0.2, 0.25) is 0 Å². The Hall–Kier alpha value is -4.12. The number of rotatable bonds is 5. The summed E-state index contributed by atoms with van der Waals surface area (Å²) in [4.78, 5) is 1.85. The van der Waals surface area contributed by atoms with Gasteiger partial charge in [-0.15, -0.1) is 0 Å². The number of anilines is 3. The van der Waals surface area contributed by atoms with Crippen LogP contribution in [0.1, 0.15) is 27.8 Å². The van der Waals surface area contributed by atoms with Gasteiger partial charge >= 0.3 is 0 Å². The maximum absolute atomic E-state index is 11.0. The number of para-hydroxylation sites is 2. The average Bonchev–Trinajstić information content (AvgIpc) is 2.81. The molecule has 4 aromatic rings. The quantitative estimate of drug-likeness (QED) is 0.289. The third-order valence-corrected chi connectivity index (χ3v) is 6.39. The van der Waals surface area contributed by atoms with Crippen molar-refractivity contribution in [3.8, 4) is 28.7 Å². The smallest absolute Gasteiger partial charge is 0.151 e. The summed E-state index contributed by atoms with van der Waals surface area (Å²) >= 11 is 0. The first-order valence-corrected chi connectivity index (χ1v) is 11.1. The number of phenols is 3. The monoisotopic (exact) mass is 455 g/mol. The van der Waals surface area contributed by atoms with Crippen molar-refractivity contribution in [3.05, 3.63) is 94.5 Å². The van der Waals surface area contributed by atoms with Gasteiger partial charge in [-0.1, -0.05) is 30.3 Å². The molecule has 0 saturated heterocycles. The third kappa shape index (κ3) is 4.01. The Morgan fingerprint density at radius 1 is 0.529 bits per heavy atom. The van der Waals surface area contributed by atoms with Crippen molar-refractivity contribution < 1.29 is 20.1 Å². The minimum Gasteiger partial charge on any atom is -0.508 e. The Labute approximate surface area is 200 Å².